The van der Waals surface area contributed by atoms with Crippen LogP contribution in [-0.4, -0.2) is 30.2 Å². The van der Waals surface area contributed by atoms with Crippen LogP contribution in [0.1, 0.15) is 46.1 Å². The molecule has 0 saturated heterocycles. The molecule has 2 aromatic rings. The number of hydrogen-bond donors (Lipinski definition) is 1. The molecule has 29 heavy (non-hydrogen) atoms. The SMILES string of the molecule is CCC(=O)Oc1cc(C)c(OC(=O)CCNC(=O)OC(C)(C)C)c2ccccc12. The quantitative estimate of drug-likeness (QED) is 0.574. The molecule has 1 amide bonds. The second-order valence-corrected chi connectivity index (χ2v) is 7.55. The molecule has 1 N–H and O–H groups in total. The zero-order valence-corrected chi connectivity index (χ0v) is 17.5. The van der Waals surface area contributed by atoms with Crippen molar-refractivity contribution < 1.29 is 28.6 Å². The van der Waals surface area contributed by atoms with Crippen LogP contribution in [0.5, 0.6) is 11.5 Å². The van der Waals surface area contributed by atoms with E-state index in [4.69, 9.17) is 14.2 Å². The van der Waals surface area contributed by atoms with Crippen molar-refractivity contribution in [3.05, 3.63) is 35.9 Å². The molecule has 0 saturated carbocycles. The maximum atomic E-state index is 12.3. The molecule has 0 aromatic heterocycles. The van der Waals surface area contributed by atoms with Crippen molar-refractivity contribution in [2.75, 3.05) is 6.54 Å². The first-order valence-electron chi connectivity index (χ1n) is 9.51. The van der Waals surface area contributed by atoms with Gasteiger partial charge in [0.25, 0.3) is 0 Å². The number of carbonyl (C=O) groups excluding carboxylic acids is 3. The molecule has 0 aliphatic carbocycles. The van der Waals surface area contributed by atoms with Crippen LogP contribution in [-0.2, 0) is 14.3 Å². The third kappa shape index (κ3) is 6.48. The second-order valence-electron chi connectivity index (χ2n) is 7.55. The van der Waals surface area contributed by atoms with Crippen LogP contribution < -0.4 is 14.8 Å². The van der Waals surface area contributed by atoms with Crippen LogP contribution in [0.25, 0.3) is 10.8 Å². The van der Waals surface area contributed by atoms with Gasteiger partial charge in [-0.2, -0.15) is 0 Å². The number of esters is 2. The average molecular weight is 401 g/mol. The first-order valence-corrected chi connectivity index (χ1v) is 9.51. The Morgan fingerprint density at radius 3 is 2.28 bits per heavy atom. The molecule has 0 aliphatic heterocycles. The number of carbonyl (C=O) groups is 3. The summed E-state index contributed by atoms with van der Waals surface area (Å²) >= 11 is 0. The molecule has 0 unspecified atom stereocenters. The number of amides is 1. The molecular formula is C22H27NO6. The van der Waals surface area contributed by atoms with E-state index < -0.39 is 17.7 Å². The fourth-order valence-corrected chi connectivity index (χ4v) is 2.61. The van der Waals surface area contributed by atoms with Gasteiger partial charge >= 0.3 is 18.0 Å². The lowest BCUT2D eigenvalue weighted by Crippen LogP contribution is -2.34. The van der Waals surface area contributed by atoms with Gasteiger partial charge in [-0.1, -0.05) is 31.2 Å². The van der Waals surface area contributed by atoms with E-state index in [2.05, 4.69) is 5.32 Å². The van der Waals surface area contributed by atoms with E-state index in [1.54, 1.807) is 52.8 Å². The highest BCUT2D eigenvalue weighted by atomic mass is 16.6. The minimum atomic E-state index is -0.608. The number of alkyl carbamates (subject to hydrolysis) is 1. The van der Waals surface area contributed by atoms with Crippen molar-refractivity contribution >= 4 is 28.8 Å². The van der Waals surface area contributed by atoms with Crippen molar-refractivity contribution in [2.45, 2.75) is 53.1 Å². The van der Waals surface area contributed by atoms with Crippen molar-refractivity contribution in [3.8, 4) is 11.5 Å². The standard InChI is InChI=1S/C22H27NO6/c1-6-18(24)27-17-13-14(2)20(16-10-8-7-9-15(16)17)28-19(25)11-12-23-21(26)29-22(3,4)5/h7-10,13H,6,11-12H2,1-5H3,(H,23,26). The highest BCUT2D eigenvalue weighted by Crippen LogP contribution is 2.36. The van der Waals surface area contributed by atoms with Gasteiger partial charge in [0.1, 0.15) is 17.1 Å². The Kier molecular flexibility index (Phi) is 7.20. The van der Waals surface area contributed by atoms with Crippen molar-refractivity contribution in [3.63, 3.8) is 0 Å². The van der Waals surface area contributed by atoms with Crippen LogP contribution in [0.15, 0.2) is 30.3 Å². The number of hydrogen-bond acceptors (Lipinski definition) is 6. The summed E-state index contributed by atoms with van der Waals surface area (Å²) in [4.78, 5) is 35.6. The third-order valence-corrected chi connectivity index (χ3v) is 3.87. The van der Waals surface area contributed by atoms with Gasteiger partial charge in [-0.3, -0.25) is 9.59 Å². The first kappa shape index (κ1) is 22.2. The molecule has 0 fully saturated rings. The van der Waals surface area contributed by atoms with Crippen molar-refractivity contribution in [2.24, 2.45) is 0 Å². The molecule has 2 rings (SSSR count). The number of nitrogens with one attached hydrogen (secondary N) is 1. The predicted octanol–water partition coefficient (Wildman–Crippen LogP) is 4.28. The molecule has 156 valence electrons. The Morgan fingerprint density at radius 2 is 1.66 bits per heavy atom. The molecule has 0 aliphatic rings. The smallest absolute Gasteiger partial charge is 0.407 e. The van der Waals surface area contributed by atoms with Gasteiger partial charge in [-0.15, -0.1) is 0 Å². The lowest BCUT2D eigenvalue weighted by molar-refractivity contribution is -0.135. The Bertz CT molecular complexity index is 913. The highest BCUT2D eigenvalue weighted by Gasteiger charge is 2.18. The number of fused-ring (bicyclic) bond motifs is 1. The molecule has 0 heterocycles. The summed E-state index contributed by atoms with van der Waals surface area (Å²) < 4.78 is 16.1. The van der Waals surface area contributed by atoms with E-state index in [-0.39, 0.29) is 25.4 Å². The van der Waals surface area contributed by atoms with Crippen LogP contribution in [0.2, 0.25) is 0 Å². The number of aryl methyl sites for hydroxylation is 1. The average Bonchev–Trinajstić information content (AvgIpc) is 2.63. The Morgan fingerprint density at radius 1 is 1.00 bits per heavy atom. The summed E-state index contributed by atoms with van der Waals surface area (Å²) in [7, 11) is 0. The summed E-state index contributed by atoms with van der Waals surface area (Å²) in [6.45, 7) is 8.87. The lowest BCUT2D eigenvalue weighted by Gasteiger charge is -2.19. The van der Waals surface area contributed by atoms with Gasteiger partial charge in [0.15, 0.2) is 0 Å². The van der Waals surface area contributed by atoms with E-state index >= 15 is 0 Å². The largest absolute Gasteiger partial charge is 0.444 e. The molecule has 0 radical (unpaired) electrons. The van der Waals surface area contributed by atoms with Crippen LogP contribution in [0.3, 0.4) is 0 Å². The molecule has 0 atom stereocenters. The Hall–Kier alpha value is -3.09. The number of benzene rings is 2. The van der Waals surface area contributed by atoms with E-state index in [0.717, 1.165) is 0 Å². The van der Waals surface area contributed by atoms with Gasteiger partial charge in [0, 0.05) is 23.7 Å². The van der Waals surface area contributed by atoms with E-state index in [9.17, 15) is 14.4 Å². The summed E-state index contributed by atoms with van der Waals surface area (Å²) in [5, 5.41) is 3.87. The van der Waals surface area contributed by atoms with E-state index in [0.29, 0.717) is 27.8 Å². The molecule has 7 nitrogen and oxygen atoms in total. The summed E-state index contributed by atoms with van der Waals surface area (Å²) in [6.07, 6.45) is -0.344. The van der Waals surface area contributed by atoms with Gasteiger partial charge in [-0.25, -0.2) is 4.79 Å². The van der Waals surface area contributed by atoms with E-state index in [1.165, 1.54) is 0 Å². The molecule has 0 spiro atoms. The topological polar surface area (TPSA) is 90.9 Å². The number of rotatable bonds is 6. The minimum Gasteiger partial charge on any atom is -0.444 e. The monoisotopic (exact) mass is 401 g/mol. The van der Waals surface area contributed by atoms with Gasteiger partial charge in [-0.05, 0) is 39.3 Å². The van der Waals surface area contributed by atoms with Crippen LogP contribution in [0, 0.1) is 6.92 Å². The predicted molar refractivity (Wildman–Crippen MR) is 109 cm³/mol. The third-order valence-electron chi connectivity index (χ3n) is 3.87. The second kappa shape index (κ2) is 9.41. The first-order chi connectivity index (χ1) is 13.6. The molecule has 7 heteroatoms. The minimum absolute atomic E-state index is 0.0143. The van der Waals surface area contributed by atoms with Gasteiger partial charge in [0.2, 0.25) is 0 Å². The summed E-state index contributed by atoms with van der Waals surface area (Å²) in [6, 6.07) is 8.91. The van der Waals surface area contributed by atoms with Crippen LogP contribution in [0.4, 0.5) is 4.79 Å². The van der Waals surface area contributed by atoms with Crippen molar-refractivity contribution in [1.82, 2.24) is 5.32 Å². The van der Waals surface area contributed by atoms with Gasteiger partial charge < -0.3 is 19.5 Å². The summed E-state index contributed by atoms with van der Waals surface area (Å²) in [5.74, 6) is -0.00404. The van der Waals surface area contributed by atoms with Crippen molar-refractivity contribution in [1.29, 1.82) is 0 Å². The normalized spacial score (nSPS) is 11.1. The maximum Gasteiger partial charge on any atom is 0.407 e. The molecular weight excluding hydrogens is 374 g/mol. The Labute approximate surface area is 170 Å². The highest BCUT2D eigenvalue weighted by molar-refractivity contribution is 5.97. The Balaban J connectivity index is 2.11. The fourth-order valence-electron chi connectivity index (χ4n) is 2.61. The molecule has 2 aromatic carbocycles. The zero-order chi connectivity index (χ0) is 21.6. The zero-order valence-electron chi connectivity index (χ0n) is 17.5. The van der Waals surface area contributed by atoms with Crippen LogP contribution >= 0.6 is 0 Å². The maximum absolute atomic E-state index is 12.3. The summed E-state index contributed by atoms with van der Waals surface area (Å²) in [5.41, 5.74) is 0.0555. The van der Waals surface area contributed by atoms with E-state index in [1.807, 2.05) is 12.1 Å². The molecule has 0 bridgehead atoms. The number of ether oxygens (including phenoxy) is 3. The van der Waals surface area contributed by atoms with Gasteiger partial charge in [0.05, 0.1) is 6.42 Å². The fraction of sp³-hybridized carbons (Fsp3) is 0.409. The lowest BCUT2D eigenvalue weighted by atomic mass is 10.0.